The Kier molecular flexibility index (Phi) is 3.43. The molecule has 0 saturated carbocycles. The van der Waals surface area contributed by atoms with Crippen LogP contribution >= 0.6 is 0 Å². The Hall–Kier alpha value is -1.85. The van der Waals surface area contributed by atoms with Crippen molar-refractivity contribution in [2.75, 3.05) is 40.0 Å². The highest BCUT2D eigenvalue weighted by Crippen LogP contribution is 2.42. The Bertz CT molecular complexity index is 753. The van der Waals surface area contributed by atoms with E-state index in [0.717, 1.165) is 16.5 Å². The molecule has 1 aromatic heterocycles. The SMILES string of the molecule is COC[C@@]12COC[C@@H]1CN(C(=O)c1oc3ccccc3c1C)C2. The topological polar surface area (TPSA) is 51.9 Å². The summed E-state index contributed by atoms with van der Waals surface area (Å²) in [6.45, 7) is 5.31. The van der Waals surface area contributed by atoms with E-state index in [0.29, 0.717) is 44.6 Å². The number of furan rings is 1. The van der Waals surface area contributed by atoms with Crippen molar-refractivity contribution in [1.82, 2.24) is 4.90 Å². The van der Waals surface area contributed by atoms with Gasteiger partial charge in [-0.2, -0.15) is 0 Å². The van der Waals surface area contributed by atoms with Gasteiger partial charge in [-0.3, -0.25) is 4.79 Å². The lowest BCUT2D eigenvalue weighted by Crippen LogP contribution is -2.37. The van der Waals surface area contributed by atoms with Crippen molar-refractivity contribution in [3.8, 4) is 0 Å². The van der Waals surface area contributed by atoms with E-state index in [2.05, 4.69) is 0 Å². The number of carbonyl (C=O) groups is 1. The van der Waals surface area contributed by atoms with Gasteiger partial charge >= 0.3 is 0 Å². The molecular formula is C18H21NO4. The fourth-order valence-electron chi connectivity index (χ4n) is 4.00. The van der Waals surface area contributed by atoms with E-state index < -0.39 is 0 Å². The second-order valence-electron chi connectivity index (χ2n) is 6.75. The highest BCUT2D eigenvalue weighted by molar-refractivity contribution is 5.99. The molecule has 2 aromatic rings. The van der Waals surface area contributed by atoms with Gasteiger partial charge < -0.3 is 18.8 Å². The van der Waals surface area contributed by atoms with E-state index in [1.807, 2.05) is 36.1 Å². The van der Waals surface area contributed by atoms with Crippen LogP contribution in [0.4, 0.5) is 0 Å². The van der Waals surface area contributed by atoms with Crippen LogP contribution in [0.5, 0.6) is 0 Å². The maximum absolute atomic E-state index is 13.0. The van der Waals surface area contributed by atoms with Crippen LogP contribution in [0.3, 0.4) is 0 Å². The van der Waals surface area contributed by atoms with Gasteiger partial charge in [0.1, 0.15) is 5.58 Å². The molecule has 23 heavy (non-hydrogen) atoms. The number of aryl methyl sites for hydroxylation is 1. The van der Waals surface area contributed by atoms with Crippen molar-refractivity contribution >= 4 is 16.9 Å². The van der Waals surface area contributed by atoms with Crippen LogP contribution in [0.2, 0.25) is 0 Å². The molecular weight excluding hydrogens is 294 g/mol. The molecule has 122 valence electrons. The zero-order valence-corrected chi connectivity index (χ0v) is 13.5. The van der Waals surface area contributed by atoms with Gasteiger partial charge in [0, 0.05) is 42.5 Å². The predicted molar refractivity (Wildman–Crippen MR) is 85.5 cm³/mol. The molecule has 4 rings (SSSR count). The van der Waals surface area contributed by atoms with Gasteiger partial charge in [0.15, 0.2) is 5.76 Å². The Morgan fingerprint density at radius 3 is 3.04 bits per heavy atom. The standard InChI is InChI=1S/C18H21NO4/c1-12-14-5-3-4-6-15(14)23-16(12)17(20)19-7-13-8-22-11-18(13,9-19)10-21-2/h3-6,13H,7-11H2,1-2H3/t13-,18-/m0/s1. The predicted octanol–water partition coefficient (Wildman–Crippen LogP) is 2.48. The highest BCUT2D eigenvalue weighted by Gasteiger charge is 2.52. The summed E-state index contributed by atoms with van der Waals surface area (Å²) in [6, 6.07) is 7.77. The number of nitrogens with zero attached hydrogens (tertiary/aromatic N) is 1. The van der Waals surface area contributed by atoms with E-state index >= 15 is 0 Å². The summed E-state index contributed by atoms with van der Waals surface area (Å²) >= 11 is 0. The Morgan fingerprint density at radius 1 is 1.43 bits per heavy atom. The number of benzene rings is 1. The van der Waals surface area contributed by atoms with Crippen molar-refractivity contribution in [2.24, 2.45) is 11.3 Å². The number of hydrogen-bond acceptors (Lipinski definition) is 4. The first-order valence-corrected chi connectivity index (χ1v) is 7.99. The average molecular weight is 315 g/mol. The summed E-state index contributed by atoms with van der Waals surface area (Å²) in [5, 5.41) is 1.00. The Morgan fingerprint density at radius 2 is 2.26 bits per heavy atom. The summed E-state index contributed by atoms with van der Waals surface area (Å²) in [5.74, 6) is 0.777. The molecule has 2 aliphatic heterocycles. The van der Waals surface area contributed by atoms with Gasteiger partial charge in [-0.25, -0.2) is 0 Å². The number of carbonyl (C=O) groups excluding carboxylic acids is 1. The molecule has 2 fully saturated rings. The minimum Gasteiger partial charge on any atom is -0.451 e. The number of fused-ring (bicyclic) bond motifs is 2. The quantitative estimate of drug-likeness (QED) is 0.873. The highest BCUT2D eigenvalue weighted by atomic mass is 16.5. The van der Waals surface area contributed by atoms with Crippen molar-refractivity contribution in [2.45, 2.75) is 6.92 Å². The molecule has 5 heteroatoms. The fraction of sp³-hybridized carbons (Fsp3) is 0.500. The lowest BCUT2D eigenvalue weighted by molar-refractivity contribution is 0.0478. The Labute approximate surface area is 135 Å². The summed E-state index contributed by atoms with van der Waals surface area (Å²) in [4.78, 5) is 14.9. The third kappa shape index (κ3) is 2.18. The molecule has 2 atom stereocenters. The number of likely N-dealkylation sites (tertiary alicyclic amines) is 1. The number of rotatable bonds is 3. The van der Waals surface area contributed by atoms with Gasteiger partial charge in [0.2, 0.25) is 0 Å². The second-order valence-corrected chi connectivity index (χ2v) is 6.75. The zero-order valence-electron chi connectivity index (χ0n) is 13.5. The molecule has 0 aliphatic carbocycles. The van der Waals surface area contributed by atoms with Crippen LogP contribution in [0.1, 0.15) is 16.1 Å². The number of para-hydroxylation sites is 1. The largest absolute Gasteiger partial charge is 0.451 e. The van der Waals surface area contributed by atoms with Crippen molar-refractivity contribution in [3.05, 3.63) is 35.6 Å². The van der Waals surface area contributed by atoms with Gasteiger partial charge in [-0.05, 0) is 13.0 Å². The minimum absolute atomic E-state index is 0.0245. The normalized spacial score (nSPS) is 26.9. The monoisotopic (exact) mass is 315 g/mol. The van der Waals surface area contributed by atoms with E-state index in [4.69, 9.17) is 13.9 Å². The molecule has 0 N–H and O–H groups in total. The molecule has 5 nitrogen and oxygen atoms in total. The van der Waals surface area contributed by atoms with Crippen LogP contribution in [0, 0.1) is 18.3 Å². The van der Waals surface area contributed by atoms with E-state index in [-0.39, 0.29) is 11.3 Å². The molecule has 1 aromatic carbocycles. The van der Waals surface area contributed by atoms with E-state index in [1.54, 1.807) is 7.11 Å². The molecule has 2 aliphatic rings. The lowest BCUT2D eigenvalue weighted by Gasteiger charge is -2.25. The molecule has 3 heterocycles. The van der Waals surface area contributed by atoms with Gasteiger partial charge in [-0.1, -0.05) is 18.2 Å². The van der Waals surface area contributed by atoms with Crippen LogP contribution in [-0.4, -0.2) is 50.8 Å². The molecule has 0 unspecified atom stereocenters. The first kappa shape index (κ1) is 14.7. The smallest absolute Gasteiger partial charge is 0.289 e. The van der Waals surface area contributed by atoms with Crippen molar-refractivity contribution < 1.29 is 18.7 Å². The van der Waals surface area contributed by atoms with Crippen molar-refractivity contribution in [3.63, 3.8) is 0 Å². The number of methoxy groups -OCH3 is 1. The van der Waals surface area contributed by atoms with E-state index in [9.17, 15) is 4.79 Å². The molecule has 0 bridgehead atoms. The maximum Gasteiger partial charge on any atom is 0.289 e. The van der Waals surface area contributed by atoms with Crippen LogP contribution in [0.25, 0.3) is 11.0 Å². The van der Waals surface area contributed by atoms with Crippen molar-refractivity contribution in [1.29, 1.82) is 0 Å². The lowest BCUT2D eigenvalue weighted by atomic mass is 9.82. The first-order chi connectivity index (χ1) is 11.1. The zero-order chi connectivity index (χ0) is 16.0. The number of ether oxygens (including phenoxy) is 2. The second kappa shape index (κ2) is 5.35. The molecule has 0 spiro atoms. The van der Waals surface area contributed by atoms with Crippen LogP contribution in [-0.2, 0) is 9.47 Å². The minimum atomic E-state index is -0.0651. The fourth-order valence-corrected chi connectivity index (χ4v) is 4.00. The van der Waals surface area contributed by atoms with E-state index in [1.165, 1.54) is 0 Å². The van der Waals surface area contributed by atoms with Gasteiger partial charge in [0.05, 0.1) is 19.8 Å². The summed E-state index contributed by atoms with van der Waals surface area (Å²) in [5.41, 5.74) is 1.62. The van der Waals surface area contributed by atoms with Crippen LogP contribution in [0.15, 0.2) is 28.7 Å². The molecule has 2 saturated heterocycles. The van der Waals surface area contributed by atoms with Crippen LogP contribution < -0.4 is 0 Å². The summed E-state index contributed by atoms with van der Waals surface area (Å²) < 4.78 is 16.9. The Balaban J connectivity index is 1.63. The maximum atomic E-state index is 13.0. The molecule has 0 radical (unpaired) electrons. The summed E-state index contributed by atoms with van der Waals surface area (Å²) in [7, 11) is 1.71. The number of amides is 1. The van der Waals surface area contributed by atoms with Gasteiger partial charge in [-0.15, -0.1) is 0 Å². The number of hydrogen-bond donors (Lipinski definition) is 0. The third-order valence-corrected chi connectivity index (χ3v) is 5.28. The average Bonchev–Trinajstić information content (AvgIpc) is 3.18. The summed E-state index contributed by atoms with van der Waals surface area (Å²) in [6.07, 6.45) is 0. The molecule has 1 amide bonds. The first-order valence-electron chi connectivity index (χ1n) is 7.99. The third-order valence-electron chi connectivity index (χ3n) is 5.28. The van der Waals surface area contributed by atoms with Gasteiger partial charge in [0.25, 0.3) is 5.91 Å².